The highest BCUT2D eigenvalue weighted by Gasteiger charge is 2.05. The number of hydrogen-bond acceptors (Lipinski definition) is 4. The minimum Gasteiger partial charge on any atom is -0.377 e. The van der Waals surface area contributed by atoms with Gasteiger partial charge in [-0.25, -0.2) is 9.97 Å². The van der Waals surface area contributed by atoms with Gasteiger partial charge in [0.25, 0.3) is 0 Å². The lowest BCUT2D eigenvalue weighted by atomic mass is 10.3. The number of nitrogens with zero attached hydrogens (tertiary/aromatic N) is 3. The molecule has 1 N–H and O–H groups in total. The Labute approximate surface area is 91.5 Å². The molecule has 2 heterocycles. The molecule has 0 bridgehead atoms. The first-order valence-corrected chi connectivity index (χ1v) is 4.69. The molecular weight excluding hydrogens is 216 g/mol. The maximum Gasteiger partial charge on any atom is 0.182 e. The lowest BCUT2D eigenvalue weighted by Gasteiger charge is -1.93. The van der Waals surface area contributed by atoms with Crippen LogP contribution in [0, 0.1) is 0 Å². The van der Waals surface area contributed by atoms with Gasteiger partial charge in [0.2, 0.25) is 0 Å². The number of aromatic nitrogens is 4. The Morgan fingerprint density at radius 3 is 3.00 bits per heavy atom. The van der Waals surface area contributed by atoms with Crippen LogP contribution < -0.4 is 0 Å². The molecule has 2 rings (SSSR count). The fourth-order valence-electron chi connectivity index (χ4n) is 1.13. The molecule has 0 amide bonds. The largest absolute Gasteiger partial charge is 0.377 e. The van der Waals surface area contributed by atoms with E-state index in [4.69, 9.17) is 16.3 Å². The molecule has 0 saturated carbocycles. The van der Waals surface area contributed by atoms with Crippen molar-refractivity contribution in [1.29, 1.82) is 0 Å². The van der Waals surface area contributed by atoms with Crippen molar-refractivity contribution in [2.75, 3.05) is 7.11 Å². The summed E-state index contributed by atoms with van der Waals surface area (Å²) in [5, 5.41) is 7.26. The van der Waals surface area contributed by atoms with Crippen LogP contribution in [-0.4, -0.2) is 27.3 Å². The molecule has 6 heteroatoms. The lowest BCUT2D eigenvalue weighted by Crippen LogP contribution is -1.89. The molecule has 2 aromatic rings. The summed E-state index contributed by atoms with van der Waals surface area (Å²) in [4.78, 5) is 8.18. The van der Waals surface area contributed by atoms with Gasteiger partial charge in [-0.1, -0.05) is 11.6 Å². The van der Waals surface area contributed by atoms with Crippen molar-refractivity contribution in [1.82, 2.24) is 20.2 Å². The first kappa shape index (κ1) is 10.1. The molecule has 5 nitrogen and oxygen atoms in total. The number of pyridine rings is 1. The molecule has 0 saturated heterocycles. The Morgan fingerprint density at radius 1 is 1.47 bits per heavy atom. The average Bonchev–Trinajstić information content (AvgIpc) is 2.68. The van der Waals surface area contributed by atoms with Crippen molar-refractivity contribution >= 4 is 11.6 Å². The normalized spacial score (nSPS) is 10.5. The van der Waals surface area contributed by atoms with E-state index in [0.717, 1.165) is 5.56 Å². The van der Waals surface area contributed by atoms with Crippen molar-refractivity contribution in [3.8, 4) is 11.4 Å². The summed E-state index contributed by atoms with van der Waals surface area (Å²) in [5.74, 6) is 1.27. The van der Waals surface area contributed by atoms with E-state index in [1.807, 2.05) is 6.07 Å². The smallest absolute Gasteiger partial charge is 0.182 e. The predicted molar refractivity (Wildman–Crippen MR) is 55.3 cm³/mol. The zero-order chi connectivity index (χ0) is 10.7. The van der Waals surface area contributed by atoms with Gasteiger partial charge in [0, 0.05) is 18.9 Å². The van der Waals surface area contributed by atoms with Crippen LogP contribution in [0.15, 0.2) is 18.3 Å². The molecule has 0 aliphatic carbocycles. The van der Waals surface area contributed by atoms with Crippen LogP contribution in [0.1, 0.15) is 5.82 Å². The second-order valence-corrected chi connectivity index (χ2v) is 3.30. The van der Waals surface area contributed by atoms with Gasteiger partial charge in [-0.15, -0.1) is 0 Å². The molecule has 0 fully saturated rings. The molecule has 0 spiro atoms. The summed E-state index contributed by atoms with van der Waals surface area (Å²) in [6.07, 6.45) is 1.63. The van der Waals surface area contributed by atoms with E-state index < -0.39 is 0 Å². The van der Waals surface area contributed by atoms with Gasteiger partial charge in [-0.2, -0.15) is 5.10 Å². The maximum atomic E-state index is 5.67. The molecule has 15 heavy (non-hydrogen) atoms. The Balaban J connectivity index is 2.25. The van der Waals surface area contributed by atoms with Gasteiger partial charge in [0.05, 0.1) is 0 Å². The summed E-state index contributed by atoms with van der Waals surface area (Å²) in [6.45, 7) is 0.411. The minimum absolute atomic E-state index is 0.411. The molecule has 0 unspecified atom stereocenters. The monoisotopic (exact) mass is 224 g/mol. The van der Waals surface area contributed by atoms with Crippen LogP contribution in [0.5, 0.6) is 0 Å². The summed E-state index contributed by atoms with van der Waals surface area (Å²) in [6, 6.07) is 3.51. The molecule has 0 aromatic carbocycles. The second-order valence-electron chi connectivity index (χ2n) is 2.91. The summed E-state index contributed by atoms with van der Waals surface area (Å²) < 4.78 is 4.93. The Bertz CT molecular complexity index is 440. The van der Waals surface area contributed by atoms with Crippen molar-refractivity contribution < 1.29 is 4.74 Å². The van der Waals surface area contributed by atoms with Crippen LogP contribution in [-0.2, 0) is 11.3 Å². The number of nitrogens with one attached hydrogen (secondary N) is 1. The first-order valence-electron chi connectivity index (χ1n) is 4.32. The first-order chi connectivity index (χ1) is 7.29. The third kappa shape index (κ3) is 2.31. The molecule has 0 atom stereocenters. The molecule has 2 aromatic heterocycles. The number of aromatic amines is 1. The van der Waals surface area contributed by atoms with Crippen molar-refractivity contribution in [3.05, 3.63) is 29.3 Å². The van der Waals surface area contributed by atoms with Crippen molar-refractivity contribution in [3.63, 3.8) is 0 Å². The zero-order valence-electron chi connectivity index (χ0n) is 8.07. The van der Waals surface area contributed by atoms with Crippen molar-refractivity contribution in [2.24, 2.45) is 0 Å². The van der Waals surface area contributed by atoms with Gasteiger partial charge < -0.3 is 4.74 Å². The fraction of sp³-hybridized carbons (Fsp3) is 0.222. The van der Waals surface area contributed by atoms with Crippen LogP contribution in [0.3, 0.4) is 0 Å². The highest BCUT2D eigenvalue weighted by Crippen LogP contribution is 2.15. The maximum absolute atomic E-state index is 5.67. The predicted octanol–water partition coefficient (Wildman–Crippen LogP) is 1.67. The van der Waals surface area contributed by atoms with E-state index in [1.54, 1.807) is 19.4 Å². The van der Waals surface area contributed by atoms with Crippen LogP contribution in [0.2, 0.25) is 5.15 Å². The molecule has 0 aliphatic rings. The van der Waals surface area contributed by atoms with E-state index in [0.29, 0.717) is 23.4 Å². The Hall–Kier alpha value is -1.46. The highest BCUT2D eigenvalue weighted by molar-refractivity contribution is 6.29. The van der Waals surface area contributed by atoms with Crippen LogP contribution in [0.25, 0.3) is 11.4 Å². The van der Waals surface area contributed by atoms with E-state index in [1.165, 1.54) is 0 Å². The topological polar surface area (TPSA) is 63.7 Å². The molecule has 78 valence electrons. The van der Waals surface area contributed by atoms with E-state index in [2.05, 4.69) is 20.2 Å². The highest BCUT2D eigenvalue weighted by atomic mass is 35.5. The minimum atomic E-state index is 0.411. The van der Waals surface area contributed by atoms with Crippen LogP contribution >= 0.6 is 11.6 Å². The van der Waals surface area contributed by atoms with Gasteiger partial charge >= 0.3 is 0 Å². The SMILES string of the molecule is COCc1nc(-c2ccc(Cl)nc2)n[nH]1. The molecule has 0 aliphatic heterocycles. The molecule has 0 radical (unpaired) electrons. The fourth-order valence-corrected chi connectivity index (χ4v) is 1.25. The average molecular weight is 225 g/mol. The van der Waals surface area contributed by atoms with Crippen molar-refractivity contribution in [2.45, 2.75) is 6.61 Å². The zero-order valence-corrected chi connectivity index (χ0v) is 8.82. The number of H-pyrrole nitrogens is 1. The lowest BCUT2D eigenvalue weighted by molar-refractivity contribution is 0.178. The third-order valence-corrected chi connectivity index (χ3v) is 2.02. The van der Waals surface area contributed by atoms with Crippen LogP contribution in [0.4, 0.5) is 0 Å². The number of rotatable bonds is 3. The summed E-state index contributed by atoms with van der Waals surface area (Å²) in [7, 11) is 1.60. The van der Waals surface area contributed by atoms with E-state index >= 15 is 0 Å². The van der Waals surface area contributed by atoms with E-state index in [9.17, 15) is 0 Å². The number of hydrogen-bond donors (Lipinski definition) is 1. The van der Waals surface area contributed by atoms with Gasteiger partial charge in [0.1, 0.15) is 11.8 Å². The van der Waals surface area contributed by atoms with Gasteiger partial charge in [-0.3, -0.25) is 5.10 Å². The Kier molecular flexibility index (Phi) is 2.94. The quantitative estimate of drug-likeness (QED) is 0.806. The third-order valence-electron chi connectivity index (χ3n) is 1.80. The summed E-state index contributed by atoms with van der Waals surface area (Å²) in [5.41, 5.74) is 0.818. The Morgan fingerprint density at radius 2 is 2.33 bits per heavy atom. The number of methoxy groups -OCH3 is 1. The summed E-state index contributed by atoms with van der Waals surface area (Å²) >= 11 is 5.67. The molecular formula is C9H9ClN4O. The standard InChI is InChI=1S/C9H9ClN4O/c1-15-5-8-12-9(14-13-8)6-2-3-7(10)11-4-6/h2-4H,5H2,1H3,(H,12,13,14). The van der Waals surface area contributed by atoms with Gasteiger partial charge in [-0.05, 0) is 12.1 Å². The van der Waals surface area contributed by atoms with E-state index in [-0.39, 0.29) is 0 Å². The number of halogens is 1. The second kappa shape index (κ2) is 4.37. The van der Waals surface area contributed by atoms with Gasteiger partial charge in [0.15, 0.2) is 11.6 Å². The number of ether oxygens (including phenoxy) is 1.